The van der Waals surface area contributed by atoms with E-state index in [2.05, 4.69) is 20.4 Å². The minimum Gasteiger partial charge on any atom is -0.456 e. The van der Waals surface area contributed by atoms with E-state index < -0.39 is 17.2 Å². The molecule has 3 aromatic carbocycles. The quantitative estimate of drug-likeness (QED) is 0.186. The minimum atomic E-state index is -0.614. The Kier molecular flexibility index (Phi) is 8.37. The molecule has 46 heavy (non-hydrogen) atoms. The molecule has 0 atom stereocenters. The van der Waals surface area contributed by atoms with E-state index in [4.69, 9.17) is 13.9 Å². The van der Waals surface area contributed by atoms with Gasteiger partial charge in [-0.2, -0.15) is 0 Å². The topological polar surface area (TPSA) is 101 Å². The van der Waals surface area contributed by atoms with Crippen LogP contribution in [-0.4, -0.2) is 86.9 Å². The molecule has 2 aromatic heterocycles. The van der Waals surface area contributed by atoms with E-state index >= 15 is 4.39 Å². The Hall–Kier alpha value is -4.45. The second-order valence-corrected chi connectivity index (χ2v) is 12.2. The van der Waals surface area contributed by atoms with Crippen molar-refractivity contribution >= 4 is 44.4 Å². The first-order valence-corrected chi connectivity index (χ1v) is 15.9. The lowest BCUT2D eigenvalue weighted by Gasteiger charge is -2.27. The van der Waals surface area contributed by atoms with E-state index in [9.17, 15) is 9.59 Å². The number of anilines is 1. The highest BCUT2D eigenvalue weighted by Crippen LogP contribution is 2.47. The molecule has 0 radical (unpaired) electrons. The third-order valence-electron chi connectivity index (χ3n) is 8.74. The maximum Gasteiger partial charge on any atom is 0.256 e. The molecule has 2 N–H and O–H groups in total. The van der Waals surface area contributed by atoms with E-state index in [0.29, 0.717) is 35.6 Å². The Bertz CT molecular complexity index is 2000. The predicted octanol–water partition coefficient (Wildman–Crippen LogP) is 5.34. The number of ether oxygens (including phenoxy) is 2. The molecular weight excluding hydrogens is 589 g/mol. The average molecular weight is 628 g/mol. The number of carbonyl (C=O) groups is 1. The van der Waals surface area contributed by atoms with Gasteiger partial charge in [0.05, 0.1) is 24.3 Å². The van der Waals surface area contributed by atoms with Crippen LogP contribution in [-0.2, 0) is 4.74 Å². The lowest BCUT2D eigenvalue weighted by Crippen LogP contribution is -2.37. The van der Waals surface area contributed by atoms with Gasteiger partial charge in [0.25, 0.3) is 5.91 Å². The molecule has 2 aliphatic heterocycles. The van der Waals surface area contributed by atoms with Crippen molar-refractivity contribution in [1.29, 1.82) is 0 Å². The van der Waals surface area contributed by atoms with E-state index in [1.807, 2.05) is 50.5 Å². The normalized spacial score (nSPS) is 14.6. The number of rotatable bonds is 11. The monoisotopic (exact) mass is 627 g/mol. The highest BCUT2D eigenvalue weighted by Gasteiger charge is 2.29. The summed E-state index contributed by atoms with van der Waals surface area (Å²) in [5.74, 6) is -0.426. The number of unbranched alkanes of at least 4 members (excludes halogenated alkanes) is 1. The molecule has 0 saturated carbocycles. The summed E-state index contributed by atoms with van der Waals surface area (Å²) >= 11 is 0. The lowest BCUT2D eigenvalue weighted by molar-refractivity contribution is 0.0378. The number of morpholine rings is 1. The fraction of sp³-hybridized carbons (Fsp3) is 0.371. The average Bonchev–Trinajstić information content (AvgIpc) is 3.41. The molecule has 7 rings (SSSR count). The molecule has 0 bridgehead atoms. The second-order valence-electron chi connectivity index (χ2n) is 12.2. The van der Waals surface area contributed by atoms with Gasteiger partial charge in [-0.25, -0.2) is 4.39 Å². The van der Waals surface area contributed by atoms with Gasteiger partial charge in [0, 0.05) is 49.2 Å². The number of nitrogens with zero attached hydrogens (tertiary/aromatic N) is 3. The van der Waals surface area contributed by atoms with Crippen molar-refractivity contribution in [1.82, 2.24) is 19.7 Å². The molecule has 1 amide bonds. The van der Waals surface area contributed by atoms with Crippen molar-refractivity contribution in [2.45, 2.75) is 19.3 Å². The number of nitrogens with one attached hydrogen (secondary N) is 2. The number of para-hydroxylation sites is 1. The van der Waals surface area contributed by atoms with Crippen molar-refractivity contribution in [3.63, 3.8) is 0 Å². The summed E-state index contributed by atoms with van der Waals surface area (Å²) in [5.41, 5.74) is 1.92. The fourth-order valence-corrected chi connectivity index (χ4v) is 6.35. The number of benzene rings is 3. The fourth-order valence-electron chi connectivity index (χ4n) is 6.35. The first-order chi connectivity index (χ1) is 22.4. The van der Waals surface area contributed by atoms with Crippen LogP contribution in [0, 0.1) is 5.82 Å². The zero-order valence-electron chi connectivity index (χ0n) is 26.2. The number of halogens is 1. The maximum absolute atomic E-state index is 15.9. The van der Waals surface area contributed by atoms with Gasteiger partial charge < -0.3 is 34.0 Å². The molecule has 1 fully saturated rings. The van der Waals surface area contributed by atoms with Crippen LogP contribution in [0.4, 0.5) is 10.1 Å². The maximum atomic E-state index is 15.9. The molecule has 10 nitrogen and oxygen atoms in total. The van der Waals surface area contributed by atoms with Gasteiger partial charge >= 0.3 is 0 Å². The molecule has 5 aromatic rings. The van der Waals surface area contributed by atoms with Crippen LogP contribution in [0.15, 0.2) is 57.9 Å². The molecule has 0 aliphatic carbocycles. The van der Waals surface area contributed by atoms with E-state index in [-0.39, 0.29) is 22.4 Å². The summed E-state index contributed by atoms with van der Waals surface area (Å²) in [5, 5.41) is 7.98. The van der Waals surface area contributed by atoms with E-state index in [1.165, 1.54) is 6.07 Å². The number of pyridine rings is 1. The van der Waals surface area contributed by atoms with Gasteiger partial charge in [-0.1, -0.05) is 18.2 Å². The van der Waals surface area contributed by atoms with Gasteiger partial charge in [0.1, 0.15) is 27.9 Å². The predicted molar refractivity (Wildman–Crippen MR) is 177 cm³/mol. The van der Waals surface area contributed by atoms with Gasteiger partial charge in [-0.15, -0.1) is 0 Å². The largest absolute Gasteiger partial charge is 0.456 e. The molecule has 0 spiro atoms. The summed E-state index contributed by atoms with van der Waals surface area (Å²) in [7, 11) is 4.00. The van der Waals surface area contributed by atoms with Crippen LogP contribution in [0.3, 0.4) is 0 Å². The summed E-state index contributed by atoms with van der Waals surface area (Å²) in [6, 6.07) is 12.7. The summed E-state index contributed by atoms with van der Waals surface area (Å²) in [6.45, 7) is 5.89. The van der Waals surface area contributed by atoms with E-state index in [0.717, 1.165) is 75.0 Å². The highest BCUT2D eigenvalue weighted by atomic mass is 19.1. The number of hydrogen-bond donors (Lipinski definition) is 2. The summed E-state index contributed by atoms with van der Waals surface area (Å²) in [4.78, 5) is 31.6. The van der Waals surface area contributed by atoms with Crippen molar-refractivity contribution in [2.75, 3.05) is 71.9 Å². The van der Waals surface area contributed by atoms with Gasteiger partial charge in [0.15, 0.2) is 17.3 Å². The summed E-state index contributed by atoms with van der Waals surface area (Å²) < 4.78 is 35.7. The van der Waals surface area contributed by atoms with Crippen molar-refractivity contribution in [3.8, 4) is 17.2 Å². The number of furan rings is 1. The van der Waals surface area contributed by atoms with Gasteiger partial charge in [0.2, 0.25) is 5.43 Å². The minimum absolute atomic E-state index is 0.0609. The van der Waals surface area contributed by atoms with E-state index in [1.54, 1.807) is 10.8 Å². The molecule has 11 heteroatoms. The number of fused-ring (bicyclic) bond motifs is 5. The molecule has 4 heterocycles. The first-order valence-electron chi connectivity index (χ1n) is 15.9. The van der Waals surface area contributed by atoms with Crippen molar-refractivity contribution < 1.29 is 23.1 Å². The Morgan fingerprint density at radius 1 is 0.978 bits per heavy atom. The van der Waals surface area contributed by atoms with Crippen LogP contribution < -0.4 is 20.8 Å². The Labute approximate surface area is 265 Å². The number of carbonyl (C=O) groups excluding carboxylic acids is 1. The number of hydrogen-bond acceptors (Lipinski definition) is 8. The SMILES string of the molecule is CN(C)CCCCNC(=O)c1cn2c3c(c(NCCCN4CCOCC4)c(F)cc3c1=O)Oc1cc3c(cc1-2)oc1ccccc13. The van der Waals surface area contributed by atoms with Gasteiger partial charge in [-0.3, -0.25) is 14.5 Å². The second kappa shape index (κ2) is 12.7. The first kappa shape index (κ1) is 30.2. The lowest BCUT2D eigenvalue weighted by atomic mass is 10.0. The molecule has 2 aliphatic rings. The van der Waals surface area contributed by atoms with Crippen LogP contribution in [0.1, 0.15) is 29.6 Å². The molecular formula is C35H38FN5O5. The number of amides is 1. The molecule has 240 valence electrons. The molecule has 1 saturated heterocycles. The van der Waals surface area contributed by atoms with Crippen LogP contribution in [0.5, 0.6) is 11.5 Å². The summed E-state index contributed by atoms with van der Waals surface area (Å²) in [6.07, 6.45) is 4.00. The Morgan fingerprint density at radius 2 is 1.80 bits per heavy atom. The van der Waals surface area contributed by atoms with Crippen LogP contribution in [0.25, 0.3) is 38.5 Å². The Balaban J connectivity index is 1.29. The zero-order valence-corrected chi connectivity index (χ0v) is 26.2. The zero-order chi connectivity index (χ0) is 31.8. The molecule has 0 unspecified atom stereocenters. The van der Waals surface area contributed by atoms with Gasteiger partial charge in [-0.05, 0) is 64.6 Å². The van der Waals surface area contributed by atoms with Crippen LogP contribution >= 0.6 is 0 Å². The standard InChI is InChI=1S/C35H38FN5O5/c1-39(2)12-6-5-10-38-35(43)25-21-41-27-20-29-23(22-8-3-4-9-28(22)45-29)19-30(27)46-34-31(26(36)18-24(32(34)41)33(25)42)37-11-7-13-40-14-16-44-17-15-40/h3-4,8-9,18-21,37H,5-7,10-17H2,1-2H3,(H,38,43). The van der Waals surface area contributed by atoms with Crippen molar-refractivity contribution in [3.05, 3.63) is 70.3 Å². The third kappa shape index (κ3) is 5.70. The number of aromatic nitrogens is 1. The third-order valence-corrected chi connectivity index (χ3v) is 8.74. The van der Waals surface area contributed by atoms with Crippen LogP contribution in [0.2, 0.25) is 0 Å². The smallest absolute Gasteiger partial charge is 0.256 e. The highest BCUT2D eigenvalue weighted by molar-refractivity contribution is 6.07. The van der Waals surface area contributed by atoms with Crippen molar-refractivity contribution in [2.24, 2.45) is 0 Å². The Morgan fingerprint density at radius 3 is 2.63 bits per heavy atom.